The number of rotatable bonds is 7. The summed E-state index contributed by atoms with van der Waals surface area (Å²) in [6.45, 7) is 5.61. The van der Waals surface area contributed by atoms with Crippen LogP contribution >= 0.6 is 0 Å². The Balaban J connectivity index is 2.39. The SMILES string of the molecule is CCOCC(C)OCc1ccc(C(=O)O)cc1. The highest BCUT2D eigenvalue weighted by molar-refractivity contribution is 5.87. The summed E-state index contributed by atoms with van der Waals surface area (Å²) in [5.74, 6) is -0.915. The van der Waals surface area contributed by atoms with E-state index in [1.165, 1.54) is 0 Å². The molecule has 0 aliphatic carbocycles. The lowest BCUT2D eigenvalue weighted by Gasteiger charge is -2.12. The monoisotopic (exact) mass is 238 g/mol. The van der Waals surface area contributed by atoms with Gasteiger partial charge in [-0.2, -0.15) is 0 Å². The summed E-state index contributed by atoms with van der Waals surface area (Å²) in [5.41, 5.74) is 1.24. The van der Waals surface area contributed by atoms with Crippen molar-refractivity contribution in [3.05, 3.63) is 35.4 Å². The number of aromatic carboxylic acids is 1. The first-order chi connectivity index (χ1) is 8.13. The van der Waals surface area contributed by atoms with Gasteiger partial charge < -0.3 is 14.6 Å². The highest BCUT2D eigenvalue weighted by atomic mass is 16.5. The number of ether oxygens (including phenoxy) is 2. The smallest absolute Gasteiger partial charge is 0.335 e. The second-order valence-electron chi connectivity index (χ2n) is 3.78. The Bertz CT molecular complexity index is 345. The predicted molar refractivity (Wildman–Crippen MR) is 64.1 cm³/mol. The Labute approximate surface area is 101 Å². The van der Waals surface area contributed by atoms with Gasteiger partial charge >= 0.3 is 5.97 Å². The van der Waals surface area contributed by atoms with E-state index in [0.29, 0.717) is 19.8 Å². The molecule has 1 aromatic rings. The Morgan fingerprint density at radius 2 is 2.00 bits per heavy atom. The van der Waals surface area contributed by atoms with Crippen LogP contribution in [0.1, 0.15) is 29.8 Å². The molecule has 0 radical (unpaired) electrons. The fourth-order valence-corrected chi connectivity index (χ4v) is 1.31. The molecule has 0 heterocycles. The van der Waals surface area contributed by atoms with E-state index in [1.807, 2.05) is 13.8 Å². The third-order valence-electron chi connectivity index (χ3n) is 2.29. The molecular formula is C13H18O4. The van der Waals surface area contributed by atoms with Gasteiger partial charge in [-0.25, -0.2) is 4.79 Å². The summed E-state index contributed by atoms with van der Waals surface area (Å²) in [6.07, 6.45) is 0.0362. The number of carboxylic acid groups (broad SMARTS) is 1. The minimum absolute atomic E-state index is 0.0362. The Morgan fingerprint density at radius 1 is 1.35 bits per heavy atom. The number of hydrogen-bond donors (Lipinski definition) is 1. The highest BCUT2D eigenvalue weighted by Gasteiger charge is 2.04. The molecule has 94 valence electrons. The second kappa shape index (κ2) is 7.04. The van der Waals surface area contributed by atoms with E-state index in [0.717, 1.165) is 5.56 Å². The zero-order chi connectivity index (χ0) is 12.7. The van der Waals surface area contributed by atoms with Gasteiger partial charge in [0, 0.05) is 6.61 Å². The zero-order valence-electron chi connectivity index (χ0n) is 10.2. The van der Waals surface area contributed by atoms with E-state index in [2.05, 4.69) is 0 Å². The van der Waals surface area contributed by atoms with Gasteiger partial charge in [-0.3, -0.25) is 0 Å². The second-order valence-corrected chi connectivity index (χ2v) is 3.78. The molecule has 17 heavy (non-hydrogen) atoms. The molecule has 1 atom stereocenters. The average Bonchev–Trinajstić information content (AvgIpc) is 2.34. The van der Waals surface area contributed by atoms with E-state index in [9.17, 15) is 4.79 Å². The average molecular weight is 238 g/mol. The van der Waals surface area contributed by atoms with E-state index >= 15 is 0 Å². The van der Waals surface area contributed by atoms with E-state index in [1.54, 1.807) is 24.3 Å². The van der Waals surface area contributed by atoms with Crippen LogP contribution in [-0.4, -0.2) is 30.4 Å². The zero-order valence-corrected chi connectivity index (χ0v) is 10.2. The number of carboxylic acids is 1. The normalized spacial score (nSPS) is 12.4. The van der Waals surface area contributed by atoms with Crippen molar-refractivity contribution in [3.63, 3.8) is 0 Å². The fourth-order valence-electron chi connectivity index (χ4n) is 1.31. The lowest BCUT2D eigenvalue weighted by atomic mass is 10.1. The van der Waals surface area contributed by atoms with Crippen LogP contribution in [0.2, 0.25) is 0 Å². The molecule has 4 heteroatoms. The van der Waals surface area contributed by atoms with Gasteiger partial charge in [-0.15, -0.1) is 0 Å². The molecule has 1 N–H and O–H groups in total. The maximum absolute atomic E-state index is 10.6. The van der Waals surface area contributed by atoms with Crippen LogP contribution in [0.15, 0.2) is 24.3 Å². The summed E-state index contributed by atoms with van der Waals surface area (Å²) in [5, 5.41) is 8.74. The number of hydrogen-bond acceptors (Lipinski definition) is 3. The molecule has 0 aromatic heterocycles. The fraction of sp³-hybridized carbons (Fsp3) is 0.462. The van der Waals surface area contributed by atoms with Gasteiger partial charge in [0.2, 0.25) is 0 Å². The predicted octanol–water partition coefficient (Wildman–Crippen LogP) is 2.33. The molecule has 0 saturated carbocycles. The van der Waals surface area contributed by atoms with Gasteiger partial charge in [0.05, 0.1) is 24.9 Å². The van der Waals surface area contributed by atoms with Gasteiger partial charge in [-0.05, 0) is 31.5 Å². The topological polar surface area (TPSA) is 55.8 Å². The first kappa shape index (κ1) is 13.7. The van der Waals surface area contributed by atoms with Crippen LogP contribution in [0.25, 0.3) is 0 Å². The molecule has 0 aliphatic rings. The van der Waals surface area contributed by atoms with Crippen LogP contribution in [0.5, 0.6) is 0 Å². The summed E-state index contributed by atoms with van der Waals surface area (Å²) >= 11 is 0. The third kappa shape index (κ3) is 4.97. The molecule has 0 aliphatic heterocycles. The number of benzene rings is 1. The maximum atomic E-state index is 10.6. The quantitative estimate of drug-likeness (QED) is 0.792. The summed E-state index contributed by atoms with van der Waals surface area (Å²) in [4.78, 5) is 10.6. The first-order valence-corrected chi connectivity index (χ1v) is 5.65. The Kier molecular flexibility index (Phi) is 5.66. The van der Waals surface area contributed by atoms with Gasteiger partial charge in [0.15, 0.2) is 0 Å². The van der Waals surface area contributed by atoms with E-state index < -0.39 is 5.97 Å². The van der Waals surface area contributed by atoms with Crippen molar-refractivity contribution in [1.29, 1.82) is 0 Å². The maximum Gasteiger partial charge on any atom is 0.335 e. The number of carbonyl (C=O) groups is 1. The Hall–Kier alpha value is -1.39. The van der Waals surface area contributed by atoms with Crippen LogP contribution < -0.4 is 0 Å². The van der Waals surface area contributed by atoms with Crippen molar-refractivity contribution in [3.8, 4) is 0 Å². The summed E-state index contributed by atoms with van der Waals surface area (Å²) in [7, 11) is 0. The molecular weight excluding hydrogens is 220 g/mol. The van der Waals surface area contributed by atoms with Crippen LogP contribution in [-0.2, 0) is 16.1 Å². The van der Waals surface area contributed by atoms with Crippen LogP contribution in [0.3, 0.4) is 0 Å². The van der Waals surface area contributed by atoms with Crippen LogP contribution in [0.4, 0.5) is 0 Å². The minimum Gasteiger partial charge on any atom is -0.478 e. The molecule has 0 fully saturated rings. The standard InChI is InChI=1S/C13H18O4/c1-3-16-8-10(2)17-9-11-4-6-12(7-5-11)13(14)15/h4-7,10H,3,8-9H2,1-2H3,(H,14,15). The molecule has 0 spiro atoms. The molecule has 4 nitrogen and oxygen atoms in total. The van der Waals surface area contributed by atoms with Crippen molar-refractivity contribution in [2.24, 2.45) is 0 Å². The minimum atomic E-state index is -0.915. The molecule has 0 saturated heterocycles. The van der Waals surface area contributed by atoms with Crippen molar-refractivity contribution in [2.75, 3.05) is 13.2 Å². The first-order valence-electron chi connectivity index (χ1n) is 5.65. The Morgan fingerprint density at radius 3 is 2.53 bits per heavy atom. The lowest BCUT2D eigenvalue weighted by Crippen LogP contribution is -2.15. The molecule has 1 rings (SSSR count). The molecule has 1 aromatic carbocycles. The largest absolute Gasteiger partial charge is 0.478 e. The van der Waals surface area contributed by atoms with Crippen molar-refractivity contribution >= 4 is 5.97 Å². The van der Waals surface area contributed by atoms with Gasteiger partial charge in [-0.1, -0.05) is 12.1 Å². The van der Waals surface area contributed by atoms with Crippen molar-refractivity contribution in [1.82, 2.24) is 0 Å². The van der Waals surface area contributed by atoms with E-state index in [4.69, 9.17) is 14.6 Å². The van der Waals surface area contributed by atoms with Gasteiger partial charge in [0.25, 0.3) is 0 Å². The lowest BCUT2D eigenvalue weighted by molar-refractivity contribution is -0.0116. The van der Waals surface area contributed by atoms with Crippen molar-refractivity contribution in [2.45, 2.75) is 26.6 Å². The molecule has 0 bridgehead atoms. The molecule has 0 amide bonds. The van der Waals surface area contributed by atoms with E-state index in [-0.39, 0.29) is 11.7 Å². The van der Waals surface area contributed by atoms with Crippen LogP contribution in [0, 0.1) is 0 Å². The highest BCUT2D eigenvalue weighted by Crippen LogP contribution is 2.07. The molecule has 1 unspecified atom stereocenters. The summed E-state index contributed by atoms with van der Waals surface area (Å²) < 4.78 is 10.8. The van der Waals surface area contributed by atoms with Crippen molar-refractivity contribution < 1.29 is 19.4 Å². The third-order valence-corrected chi connectivity index (χ3v) is 2.29. The van der Waals surface area contributed by atoms with Gasteiger partial charge in [0.1, 0.15) is 0 Å². The summed E-state index contributed by atoms with van der Waals surface area (Å²) in [6, 6.07) is 6.68.